The molecule has 1 aliphatic heterocycles. The highest BCUT2D eigenvalue weighted by Crippen LogP contribution is 2.17. The molecule has 1 aliphatic rings. The number of para-hydroxylation sites is 1. The van der Waals surface area contributed by atoms with Crippen molar-refractivity contribution in [3.63, 3.8) is 0 Å². The first-order valence-corrected chi connectivity index (χ1v) is 7.34. The minimum Gasteiger partial charge on any atom is -0.496 e. The molecule has 0 bridgehead atoms. The molecule has 19 heavy (non-hydrogen) atoms. The second-order valence-corrected chi connectivity index (χ2v) is 5.09. The SMILES string of the molecule is COc1ccccc1CCNCCCC1CCCO1. The van der Waals surface area contributed by atoms with Crippen molar-refractivity contribution in [1.82, 2.24) is 5.32 Å². The summed E-state index contributed by atoms with van der Waals surface area (Å²) < 4.78 is 11.0. The third-order valence-electron chi connectivity index (χ3n) is 3.67. The molecule has 106 valence electrons. The molecule has 1 atom stereocenters. The number of methoxy groups -OCH3 is 1. The Bertz CT molecular complexity index is 362. The lowest BCUT2D eigenvalue weighted by atomic mass is 10.1. The largest absolute Gasteiger partial charge is 0.496 e. The molecular formula is C16H25NO2. The van der Waals surface area contributed by atoms with Gasteiger partial charge in [-0.2, -0.15) is 0 Å². The quantitative estimate of drug-likeness (QED) is 0.732. The fraction of sp³-hybridized carbons (Fsp3) is 0.625. The Morgan fingerprint density at radius 2 is 2.21 bits per heavy atom. The highest BCUT2D eigenvalue weighted by molar-refractivity contribution is 5.33. The lowest BCUT2D eigenvalue weighted by Gasteiger charge is -2.10. The monoisotopic (exact) mass is 263 g/mol. The van der Waals surface area contributed by atoms with E-state index < -0.39 is 0 Å². The summed E-state index contributed by atoms with van der Waals surface area (Å²) in [6, 6.07) is 8.23. The molecular weight excluding hydrogens is 238 g/mol. The van der Waals surface area contributed by atoms with Gasteiger partial charge in [-0.05, 0) is 56.8 Å². The zero-order chi connectivity index (χ0) is 13.3. The van der Waals surface area contributed by atoms with Gasteiger partial charge in [0, 0.05) is 6.61 Å². The molecule has 1 fully saturated rings. The van der Waals surface area contributed by atoms with Crippen LogP contribution in [0.2, 0.25) is 0 Å². The maximum Gasteiger partial charge on any atom is 0.122 e. The Hall–Kier alpha value is -1.06. The second-order valence-electron chi connectivity index (χ2n) is 5.09. The van der Waals surface area contributed by atoms with Gasteiger partial charge in [-0.25, -0.2) is 0 Å². The van der Waals surface area contributed by atoms with E-state index in [2.05, 4.69) is 17.4 Å². The van der Waals surface area contributed by atoms with Crippen molar-refractivity contribution in [3.05, 3.63) is 29.8 Å². The first-order chi connectivity index (χ1) is 9.40. The molecule has 1 aromatic rings. The van der Waals surface area contributed by atoms with Crippen LogP contribution in [0.3, 0.4) is 0 Å². The van der Waals surface area contributed by atoms with E-state index in [1.165, 1.54) is 31.2 Å². The highest BCUT2D eigenvalue weighted by atomic mass is 16.5. The first-order valence-electron chi connectivity index (χ1n) is 7.34. The van der Waals surface area contributed by atoms with E-state index in [0.717, 1.165) is 31.9 Å². The van der Waals surface area contributed by atoms with Gasteiger partial charge in [0.2, 0.25) is 0 Å². The van der Waals surface area contributed by atoms with E-state index in [1.807, 2.05) is 12.1 Å². The Labute approximate surface area is 116 Å². The summed E-state index contributed by atoms with van der Waals surface area (Å²) >= 11 is 0. The number of hydrogen-bond donors (Lipinski definition) is 1. The summed E-state index contributed by atoms with van der Waals surface area (Å²) in [7, 11) is 1.73. The topological polar surface area (TPSA) is 30.5 Å². The van der Waals surface area contributed by atoms with E-state index in [1.54, 1.807) is 7.11 Å². The maximum atomic E-state index is 5.61. The van der Waals surface area contributed by atoms with Gasteiger partial charge in [-0.15, -0.1) is 0 Å². The maximum absolute atomic E-state index is 5.61. The molecule has 0 amide bonds. The fourth-order valence-electron chi connectivity index (χ4n) is 2.58. The molecule has 1 aromatic carbocycles. The standard InChI is InChI=1S/C16H25NO2/c1-18-16-9-3-2-6-14(16)10-12-17-11-4-7-15-8-5-13-19-15/h2-3,6,9,15,17H,4-5,7-8,10-13H2,1H3. The van der Waals surface area contributed by atoms with E-state index >= 15 is 0 Å². The van der Waals surface area contributed by atoms with Gasteiger partial charge in [-0.3, -0.25) is 0 Å². The fourth-order valence-corrected chi connectivity index (χ4v) is 2.58. The summed E-state index contributed by atoms with van der Waals surface area (Å²) in [6.07, 6.45) is 6.44. The van der Waals surface area contributed by atoms with Crippen LogP contribution in [0.15, 0.2) is 24.3 Å². The molecule has 0 saturated carbocycles. The van der Waals surface area contributed by atoms with Crippen LogP contribution in [0.4, 0.5) is 0 Å². The molecule has 2 rings (SSSR count). The van der Waals surface area contributed by atoms with Crippen LogP contribution in [0.5, 0.6) is 5.75 Å². The second kappa shape index (κ2) is 8.18. The molecule has 3 heteroatoms. The van der Waals surface area contributed by atoms with E-state index in [-0.39, 0.29) is 0 Å². The zero-order valence-corrected chi connectivity index (χ0v) is 11.9. The number of nitrogens with one attached hydrogen (secondary N) is 1. The lowest BCUT2D eigenvalue weighted by molar-refractivity contribution is 0.102. The molecule has 0 spiro atoms. The number of rotatable bonds is 8. The number of benzene rings is 1. The van der Waals surface area contributed by atoms with Crippen LogP contribution < -0.4 is 10.1 Å². The van der Waals surface area contributed by atoms with Crippen molar-refractivity contribution in [2.75, 3.05) is 26.8 Å². The van der Waals surface area contributed by atoms with E-state index in [9.17, 15) is 0 Å². The average Bonchev–Trinajstić information content (AvgIpc) is 2.96. The van der Waals surface area contributed by atoms with Crippen LogP contribution in [0.1, 0.15) is 31.2 Å². The molecule has 1 heterocycles. The average molecular weight is 263 g/mol. The summed E-state index contributed by atoms with van der Waals surface area (Å²) in [4.78, 5) is 0. The summed E-state index contributed by atoms with van der Waals surface area (Å²) in [5.74, 6) is 0.989. The van der Waals surface area contributed by atoms with E-state index in [0.29, 0.717) is 6.10 Å². The Balaban J connectivity index is 1.56. The highest BCUT2D eigenvalue weighted by Gasteiger charge is 2.14. The molecule has 1 N–H and O–H groups in total. The van der Waals surface area contributed by atoms with Crippen LogP contribution >= 0.6 is 0 Å². The minimum absolute atomic E-state index is 0.524. The van der Waals surface area contributed by atoms with Gasteiger partial charge in [0.1, 0.15) is 5.75 Å². The van der Waals surface area contributed by atoms with Crippen molar-refractivity contribution in [1.29, 1.82) is 0 Å². The molecule has 1 unspecified atom stereocenters. The van der Waals surface area contributed by atoms with Crippen LogP contribution in [-0.4, -0.2) is 32.9 Å². The first kappa shape index (κ1) is 14.4. The predicted octanol–water partition coefficient (Wildman–Crippen LogP) is 2.79. The van der Waals surface area contributed by atoms with Crippen LogP contribution in [0, 0.1) is 0 Å². The van der Waals surface area contributed by atoms with Gasteiger partial charge in [0.05, 0.1) is 13.2 Å². The number of ether oxygens (including phenoxy) is 2. The Morgan fingerprint density at radius 1 is 1.32 bits per heavy atom. The van der Waals surface area contributed by atoms with Crippen molar-refractivity contribution < 1.29 is 9.47 Å². The van der Waals surface area contributed by atoms with Gasteiger partial charge in [-0.1, -0.05) is 18.2 Å². The minimum atomic E-state index is 0.524. The van der Waals surface area contributed by atoms with Gasteiger partial charge in [0.25, 0.3) is 0 Å². The van der Waals surface area contributed by atoms with Gasteiger partial charge in [0.15, 0.2) is 0 Å². The Morgan fingerprint density at radius 3 is 3.00 bits per heavy atom. The normalized spacial score (nSPS) is 18.7. The third-order valence-corrected chi connectivity index (χ3v) is 3.67. The summed E-state index contributed by atoms with van der Waals surface area (Å²) in [6.45, 7) is 3.05. The molecule has 3 nitrogen and oxygen atoms in total. The van der Waals surface area contributed by atoms with Crippen molar-refractivity contribution in [2.45, 2.75) is 38.2 Å². The third kappa shape index (κ3) is 4.84. The van der Waals surface area contributed by atoms with Crippen molar-refractivity contribution in [3.8, 4) is 5.75 Å². The smallest absolute Gasteiger partial charge is 0.122 e. The van der Waals surface area contributed by atoms with Crippen LogP contribution in [0.25, 0.3) is 0 Å². The molecule has 0 radical (unpaired) electrons. The molecule has 0 aliphatic carbocycles. The van der Waals surface area contributed by atoms with Gasteiger partial charge >= 0.3 is 0 Å². The van der Waals surface area contributed by atoms with Crippen molar-refractivity contribution >= 4 is 0 Å². The summed E-state index contributed by atoms with van der Waals surface area (Å²) in [5, 5.41) is 3.50. The van der Waals surface area contributed by atoms with Crippen LogP contribution in [-0.2, 0) is 11.2 Å². The van der Waals surface area contributed by atoms with Crippen molar-refractivity contribution in [2.24, 2.45) is 0 Å². The zero-order valence-electron chi connectivity index (χ0n) is 11.9. The lowest BCUT2D eigenvalue weighted by Crippen LogP contribution is -2.20. The predicted molar refractivity (Wildman–Crippen MR) is 77.8 cm³/mol. The molecule has 1 saturated heterocycles. The Kier molecular flexibility index (Phi) is 6.18. The summed E-state index contributed by atoms with van der Waals surface area (Å²) in [5.41, 5.74) is 1.27. The number of hydrogen-bond acceptors (Lipinski definition) is 3. The van der Waals surface area contributed by atoms with E-state index in [4.69, 9.17) is 9.47 Å². The van der Waals surface area contributed by atoms with Gasteiger partial charge < -0.3 is 14.8 Å². The molecule has 0 aromatic heterocycles.